The summed E-state index contributed by atoms with van der Waals surface area (Å²) < 4.78 is 5.11. The van der Waals surface area contributed by atoms with E-state index in [0.717, 1.165) is 8.95 Å². The summed E-state index contributed by atoms with van der Waals surface area (Å²) in [5.74, 6) is 0. The molecule has 2 aromatic carbocycles. The summed E-state index contributed by atoms with van der Waals surface area (Å²) in [6.07, 6.45) is 4.22. The van der Waals surface area contributed by atoms with Crippen molar-refractivity contribution in [2.75, 3.05) is 0 Å². The third-order valence-electron chi connectivity index (χ3n) is 5.90. The van der Waals surface area contributed by atoms with Gasteiger partial charge in [0.2, 0.25) is 0 Å². The maximum absolute atomic E-state index is 3.85. The number of hydrogen-bond donors (Lipinski definition) is 2. The minimum Gasteiger partial charge on any atom is -1.00 e. The van der Waals surface area contributed by atoms with Gasteiger partial charge in [-0.3, -0.25) is 0 Å². The van der Waals surface area contributed by atoms with Crippen molar-refractivity contribution in [3.63, 3.8) is 0 Å². The van der Waals surface area contributed by atoms with Crippen LogP contribution in [0.2, 0.25) is 0 Å². The molecule has 2 N–H and O–H groups in total. The van der Waals surface area contributed by atoms with Crippen LogP contribution in [0.25, 0.3) is 43.8 Å². The second-order valence-electron chi connectivity index (χ2n) is 7.59. The standard InChI is InChI=1S/C24H12Br2N2S.2ClH.Zr/c25-16-8-15-7-13-3-5-28-12-20(13)23(15)22(10-16)29-24-18-9-14-4-6-27-11-19(14)17(18)1-2-21(24)26;;;/h1-10,27-28H;2*1H;/q;;;+2/p-2. The molecule has 2 aliphatic carbocycles. The van der Waals surface area contributed by atoms with E-state index < -0.39 is 23.2 Å². The average molecular weight is 682 g/mol. The van der Waals surface area contributed by atoms with Crippen molar-refractivity contribution in [3.05, 3.63) is 69.9 Å². The van der Waals surface area contributed by atoms with Gasteiger partial charge >= 0.3 is 207 Å². The molecule has 3 heterocycles. The van der Waals surface area contributed by atoms with Gasteiger partial charge in [-0.05, 0) is 0 Å². The van der Waals surface area contributed by atoms with E-state index in [-0.39, 0.29) is 24.8 Å². The second-order valence-corrected chi connectivity index (χ2v) is 13.5. The SMILES string of the molecule is Brc1cc2c3c4[c]([nH]ccc-4cc3c1)[Zr+2][c]1[nH]ccc3cc4c(c(Br)ccc4c1-3)S2.[Cl-].[Cl-]. The number of nitrogens with one attached hydrogen (secondary N) is 2. The van der Waals surface area contributed by atoms with Gasteiger partial charge in [0, 0.05) is 0 Å². The van der Waals surface area contributed by atoms with Crippen LogP contribution in [-0.2, 0) is 23.2 Å². The summed E-state index contributed by atoms with van der Waals surface area (Å²) in [6.45, 7) is 0. The molecule has 8 heteroatoms. The van der Waals surface area contributed by atoms with E-state index in [1.54, 1.807) is 0 Å². The van der Waals surface area contributed by atoms with E-state index in [9.17, 15) is 0 Å². The van der Waals surface area contributed by atoms with Gasteiger partial charge in [0.15, 0.2) is 0 Å². The minimum absolute atomic E-state index is 0. The van der Waals surface area contributed by atoms with E-state index in [4.69, 9.17) is 0 Å². The Bertz CT molecular complexity index is 1590. The van der Waals surface area contributed by atoms with Gasteiger partial charge < -0.3 is 24.8 Å². The van der Waals surface area contributed by atoms with Crippen molar-refractivity contribution < 1.29 is 48.0 Å². The topological polar surface area (TPSA) is 31.6 Å². The monoisotopic (exact) mass is 678 g/mol. The largest absolute Gasteiger partial charge is 1.00 e. The summed E-state index contributed by atoms with van der Waals surface area (Å²) in [5, 5.41) is 5.35. The molecule has 0 atom stereocenters. The third-order valence-corrected chi connectivity index (χ3v) is 11.6. The van der Waals surface area contributed by atoms with E-state index in [2.05, 4.69) is 103 Å². The van der Waals surface area contributed by atoms with Crippen molar-refractivity contribution in [3.8, 4) is 22.3 Å². The molecule has 0 spiro atoms. The molecule has 0 saturated heterocycles. The van der Waals surface area contributed by atoms with Crippen molar-refractivity contribution >= 4 is 72.0 Å². The van der Waals surface area contributed by atoms with Gasteiger partial charge in [-0.2, -0.15) is 0 Å². The van der Waals surface area contributed by atoms with Crippen LogP contribution < -0.4 is 31.6 Å². The number of rotatable bonds is 0. The zero-order valence-electron chi connectivity index (χ0n) is 16.2. The molecule has 0 saturated carbocycles. The number of aromatic amines is 2. The van der Waals surface area contributed by atoms with Gasteiger partial charge in [-0.1, -0.05) is 0 Å². The van der Waals surface area contributed by atoms with Gasteiger partial charge in [0.1, 0.15) is 0 Å². The Morgan fingerprint density at radius 3 is 2.25 bits per heavy atom. The molecule has 0 amide bonds. The maximum Gasteiger partial charge on any atom is -1.00 e. The maximum atomic E-state index is 3.85. The van der Waals surface area contributed by atoms with Crippen molar-refractivity contribution in [2.24, 2.45) is 0 Å². The van der Waals surface area contributed by atoms with Crippen molar-refractivity contribution in [1.29, 1.82) is 0 Å². The van der Waals surface area contributed by atoms with Crippen LogP contribution in [0.3, 0.4) is 0 Å². The Labute approximate surface area is 229 Å². The van der Waals surface area contributed by atoms with Crippen molar-refractivity contribution in [1.82, 2.24) is 9.97 Å². The van der Waals surface area contributed by atoms with Crippen LogP contribution in [0.4, 0.5) is 0 Å². The molecule has 32 heavy (non-hydrogen) atoms. The first-order chi connectivity index (χ1) is 14.7. The second kappa shape index (κ2) is 8.48. The molecule has 0 unspecified atom stereocenters. The van der Waals surface area contributed by atoms with Crippen LogP contribution in [0.5, 0.6) is 0 Å². The Hall–Kier alpha value is -0.747. The number of hydrogen-bond acceptors (Lipinski definition) is 1. The Kier molecular flexibility index (Phi) is 6.10. The number of benzene rings is 2. The van der Waals surface area contributed by atoms with Crippen LogP contribution >= 0.6 is 43.6 Å². The fourth-order valence-corrected chi connectivity index (χ4v) is 10.4. The van der Waals surface area contributed by atoms with E-state index in [1.807, 2.05) is 11.8 Å². The molecule has 2 aromatic rings. The molecule has 4 bridgehead atoms. The first-order valence-corrected chi connectivity index (χ1v) is 14.4. The Morgan fingerprint density at radius 1 is 0.750 bits per heavy atom. The zero-order valence-corrected chi connectivity index (χ0v) is 24.2. The van der Waals surface area contributed by atoms with Crippen LogP contribution in [0.1, 0.15) is 0 Å². The molecule has 0 fully saturated rings. The fourth-order valence-electron chi connectivity index (χ4n) is 4.69. The quantitative estimate of drug-likeness (QED) is 0.245. The molecular formula is C24H12Br2Cl2N2SZr. The van der Waals surface area contributed by atoms with Crippen LogP contribution in [0, 0.1) is 0 Å². The number of aromatic nitrogens is 2. The van der Waals surface area contributed by atoms with Crippen LogP contribution in [-0.4, -0.2) is 9.97 Å². The van der Waals surface area contributed by atoms with Gasteiger partial charge in [0.25, 0.3) is 0 Å². The molecule has 7 rings (SSSR count). The summed E-state index contributed by atoms with van der Waals surface area (Å²) in [6, 6.07) is 18.1. The molecule has 5 aliphatic rings. The summed E-state index contributed by atoms with van der Waals surface area (Å²) in [7, 11) is 0. The first kappa shape index (κ1) is 23.0. The molecule has 156 valence electrons. The molecule has 0 radical (unpaired) electrons. The predicted molar refractivity (Wildman–Crippen MR) is 129 cm³/mol. The number of halogens is 4. The molecular weight excluding hydrogens is 670 g/mol. The number of H-pyrrole nitrogens is 2. The minimum atomic E-state index is -1.11. The number of pyridine rings is 2. The third kappa shape index (κ3) is 3.29. The summed E-state index contributed by atoms with van der Waals surface area (Å²) >= 11 is 8.37. The predicted octanol–water partition coefficient (Wildman–Crippen LogP) is 0.890. The van der Waals surface area contributed by atoms with Gasteiger partial charge in [-0.25, -0.2) is 0 Å². The normalized spacial score (nSPS) is 12.1. The van der Waals surface area contributed by atoms with E-state index in [0.29, 0.717) is 0 Å². The van der Waals surface area contributed by atoms with Crippen molar-refractivity contribution in [2.45, 2.75) is 9.79 Å². The Balaban J connectivity index is 0.00000108. The van der Waals surface area contributed by atoms with E-state index in [1.165, 1.54) is 60.4 Å². The smallest absolute Gasteiger partial charge is 1.00 e. The van der Waals surface area contributed by atoms with Crippen LogP contribution in [0.15, 0.2) is 79.7 Å². The zero-order chi connectivity index (χ0) is 20.0. The summed E-state index contributed by atoms with van der Waals surface area (Å²) in [5.41, 5.74) is 5.45. The van der Waals surface area contributed by atoms with Gasteiger partial charge in [-0.15, -0.1) is 0 Å². The Morgan fingerprint density at radius 2 is 1.47 bits per heavy atom. The van der Waals surface area contributed by atoms with Gasteiger partial charge in [0.05, 0.1) is 0 Å². The average Bonchev–Trinajstić information content (AvgIpc) is 3.28. The molecule has 3 aliphatic heterocycles. The first-order valence-electron chi connectivity index (χ1n) is 9.58. The summed E-state index contributed by atoms with van der Waals surface area (Å²) in [4.78, 5) is 9.87. The molecule has 2 nitrogen and oxygen atoms in total. The van der Waals surface area contributed by atoms with E-state index >= 15 is 0 Å². The fraction of sp³-hybridized carbons (Fsp3) is 0. The molecule has 0 aromatic heterocycles.